The Morgan fingerprint density at radius 2 is 1.89 bits per heavy atom. The summed E-state index contributed by atoms with van der Waals surface area (Å²) in [7, 11) is 0. The first-order chi connectivity index (χ1) is 9.06. The lowest BCUT2D eigenvalue weighted by atomic mass is 10.1. The highest BCUT2D eigenvalue weighted by molar-refractivity contribution is 5.97. The van der Waals surface area contributed by atoms with Gasteiger partial charge in [-0.25, -0.2) is 4.39 Å². The van der Waals surface area contributed by atoms with Crippen LogP contribution in [0.3, 0.4) is 0 Å². The molecule has 0 unspecified atom stereocenters. The average Bonchev–Trinajstić information content (AvgIpc) is 2.40. The normalized spacial score (nSPS) is 10.3. The second-order valence-corrected chi connectivity index (χ2v) is 4.47. The molecule has 0 spiro atoms. The molecule has 0 aliphatic rings. The van der Waals surface area contributed by atoms with Gasteiger partial charge in [0.15, 0.2) is 12.4 Å². The van der Waals surface area contributed by atoms with Gasteiger partial charge in [-0.3, -0.25) is 4.79 Å². The Morgan fingerprint density at radius 3 is 2.58 bits per heavy atom. The maximum absolute atomic E-state index is 13.0. The molecule has 2 aromatic rings. The van der Waals surface area contributed by atoms with Gasteiger partial charge in [-0.1, -0.05) is 18.2 Å². The zero-order valence-electron chi connectivity index (χ0n) is 10.9. The summed E-state index contributed by atoms with van der Waals surface area (Å²) in [5.74, 6) is -0.0115. The van der Waals surface area contributed by atoms with Crippen molar-refractivity contribution in [1.82, 2.24) is 0 Å². The van der Waals surface area contributed by atoms with E-state index in [1.54, 1.807) is 6.07 Å². The minimum Gasteiger partial charge on any atom is -0.485 e. The smallest absolute Gasteiger partial charge is 0.200 e. The van der Waals surface area contributed by atoms with Crippen LogP contribution in [0.25, 0.3) is 0 Å². The zero-order chi connectivity index (χ0) is 13.8. The monoisotopic (exact) mass is 258 g/mol. The summed E-state index contributed by atoms with van der Waals surface area (Å²) in [5.41, 5.74) is 2.60. The van der Waals surface area contributed by atoms with Gasteiger partial charge in [-0.05, 0) is 49.2 Å². The fraction of sp³-hybridized carbons (Fsp3) is 0.188. The number of aryl methyl sites for hydroxylation is 2. The molecule has 0 saturated carbocycles. The summed E-state index contributed by atoms with van der Waals surface area (Å²) in [6, 6.07) is 11.3. The van der Waals surface area contributed by atoms with Gasteiger partial charge in [0.1, 0.15) is 11.6 Å². The number of hydrogen-bond acceptors (Lipinski definition) is 2. The van der Waals surface area contributed by atoms with Crippen LogP contribution in [-0.4, -0.2) is 12.4 Å². The van der Waals surface area contributed by atoms with Crippen molar-refractivity contribution in [3.63, 3.8) is 0 Å². The molecule has 0 N–H and O–H groups in total. The van der Waals surface area contributed by atoms with Crippen LogP contribution in [0.2, 0.25) is 0 Å². The number of benzene rings is 2. The first-order valence-electron chi connectivity index (χ1n) is 6.05. The first kappa shape index (κ1) is 13.3. The lowest BCUT2D eigenvalue weighted by Gasteiger charge is -2.07. The fourth-order valence-electron chi connectivity index (χ4n) is 1.70. The van der Waals surface area contributed by atoms with E-state index in [0.717, 1.165) is 5.56 Å². The van der Waals surface area contributed by atoms with Crippen molar-refractivity contribution in [1.29, 1.82) is 0 Å². The highest BCUT2D eigenvalue weighted by Gasteiger charge is 2.08. The lowest BCUT2D eigenvalue weighted by Crippen LogP contribution is -2.11. The summed E-state index contributed by atoms with van der Waals surface area (Å²) in [6.45, 7) is 3.90. The number of carbonyl (C=O) groups is 1. The molecule has 0 fully saturated rings. The lowest BCUT2D eigenvalue weighted by molar-refractivity contribution is 0.0921. The molecule has 0 amide bonds. The van der Waals surface area contributed by atoms with Crippen LogP contribution in [-0.2, 0) is 0 Å². The molecule has 0 heterocycles. The Morgan fingerprint density at radius 1 is 1.11 bits per heavy atom. The minimum atomic E-state index is -0.419. The highest BCUT2D eigenvalue weighted by atomic mass is 19.1. The van der Waals surface area contributed by atoms with Gasteiger partial charge in [0, 0.05) is 5.56 Å². The summed E-state index contributed by atoms with van der Waals surface area (Å²) < 4.78 is 18.4. The van der Waals surface area contributed by atoms with E-state index in [1.807, 2.05) is 32.0 Å². The van der Waals surface area contributed by atoms with Crippen molar-refractivity contribution in [3.05, 3.63) is 65.0 Å². The molecular weight excluding hydrogens is 243 g/mol. The molecule has 0 aromatic heterocycles. The van der Waals surface area contributed by atoms with E-state index in [-0.39, 0.29) is 12.4 Å². The molecule has 2 rings (SSSR count). The van der Waals surface area contributed by atoms with E-state index in [1.165, 1.54) is 23.8 Å². The van der Waals surface area contributed by atoms with E-state index in [9.17, 15) is 9.18 Å². The van der Waals surface area contributed by atoms with Gasteiger partial charge in [-0.2, -0.15) is 0 Å². The number of Topliss-reactive ketones (excluding diaryl/α,β-unsaturated/α-hetero) is 1. The van der Waals surface area contributed by atoms with E-state index in [2.05, 4.69) is 0 Å². The summed E-state index contributed by atoms with van der Waals surface area (Å²) in [6.07, 6.45) is 0. The Bertz CT molecular complexity index is 605. The molecule has 19 heavy (non-hydrogen) atoms. The van der Waals surface area contributed by atoms with Crippen molar-refractivity contribution in [2.24, 2.45) is 0 Å². The van der Waals surface area contributed by atoms with Crippen molar-refractivity contribution in [2.45, 2.75) is 13.8 Å². The topological polar surface area (TPSA) is 26.3 Å². The van der Waals surface area contributed by atoms with Gasteiger partial charge >= 0.3 is 0 Å². The van der Waals surface area contributed by atoms with Gasteiger partial charge in [0.05, 0.1) is 0 Å². The van der Waals surface area contributed by atoms with E-state index >= 15 is 0 Å². The van der Waals surface area contributed by atoms with Crippen LogP contribution >= 0.6 is 0 Å². The Labute approximate surface area is 111 Å². The highest BCUT2D eigenvalue weighted by Crippen LogP contribution is 2.16. The maximum atomic E-state index is 13.0. The zero-order valence-corrected chi connectivity index (χ0v) is 10.9. The molecule has 0 radical (unpaired) electrons. The first-order valence-corrected chi connectivity index (χ1v) is 6.05. The third-order valence-electron chi connectivity index (χ3n) is 2.99. The maximum Gasteiger partial charge on any atom is 0.200 e. The fourth-order valence-corrected chi connectivity index (χ4v) is 1.70. The van der Waals surface area contributed by atoms with Crippen LogP contribution in [0, 0.1) is 19.7 Å². The molecule has 0 atom stereocenters. The summed E-state index contributed by atoms with van der Waals surface area (Å²) in [5, 5.41) is 0. The number of ketones is 1. The van der Waals surface area contributed by atoms with Crippen LogP contribution < -0.4 is 4.74 Å². The van der Waals surface area contributed by atoms with Crippen molar-refractivity contribution < 1.29 is 13.9 Å². The second kappa shape index (κ2) is 5.65. The van der Waals surface area contributed by atoms with Crippen LogP contribution in [0.1, 0.15) is 21.5 Å². The predicted molar refractivity (Wildman–Crippen MR) is 72.1 cm³/mol. The Kier molecular flexibility index (Phi) is 3.95. The van der Waals surface area contributed by atoms with Crippen molar-refractivity contribution in [3.8, 4) is 5.75 Å². The average molecular weight is 258 g/mol. The molecule has 2 aromatic carbocycles. The summed E-state index contributed by atoms with van der Waals surface area (Å²) in [4.78, 5) is 11.8. The van der Waals surface area contributed by atoms with Gasteiger partial charge in [0.25, 0.3) is 0 Å². The third kappa shape index (κ3) is 3.41. The SMILES string of the molecule is Cc1ccc(OCC(=O)c2cccc(F)c2)cc1C. The molecular formula is C16H15FO2. The molecule has 98 valence electrons. The predicted octanol–water partition coefficient (Wildman–Crippen LogP) is 3.70. The van der Waals surface area contributed by atoms with E-state index < -0.39 is 5.82 Å². The largest absolute Gasteiger partial charge is 0.485 e. The molecule has 0 saturated heterocycles. The quantitative estimate of drug-likeness (QED) is 0.781. The second-order valence-electron chi connectivity index (χ2n) is 4.47. The van der Waals surface area contributed by atoms with Gasteiger partial charge in [-0.15, -0.1) is 0 Å². The molecule has 0 bridgehead atoms. The molecule has 2 nitrogen and oxygen atoms in total. The molecule has 0 aliphatic heterocycles. The summed E-state index contributed by atoms with van der Waals surface area (Å²) >= 11 is 0. The molecule has 3 heteroatoms. The van der Waals surface area contributed by atoms with Crippen LogP contribution in [0.4, 0.5) is 4.39 Å². The third-order valence-corrected chi connectivity index (χ3v) is 2.99. The van der Waals surface area contributed by atoms with Crippen molar-refractivity contribution >= 4 is 5.78 Å². The Hall–Kier alpha value is -2.16. The standard InChI is InChI=1S/C16H15FO2/c1-11-6-7-15(8-12(11)2)19-10-16(18)13-4-3-5-14(17)9-13/h3-9H,10H2,1-2H3. The van der Waals surface area contributed by atoms with Crippen LogP contribution in [0.15, 0.2) is 42.5 Å². The van der Waals surface area contributed by atoms with Gasteiger partial charge in [0.2, 0.25) is 0 Å². The number of carbonyl (C=O) groups excluding carboxylic acids is 1. The molecule has 0 aliphatic carbocycles. The minimum absolute atomic E-state index is 0.0913. The Balaban J connectivity index is 2.02. The van der Waals surface area contributed by atoms with Crippen LogP contribution in [0.5, 0.6) is 5.75 Å². The number of hydrogen-bond donors (Lipinski definition) is 0. The number of ether oxygens (including phenoxy) is 1. The van der Waals surface area contributed by atoms with E-state index in [0.29, 0.717) is 11.3 Å². The number of rotatable bonds is 4. The number of halogens is 1. The van der Waals surface area contributed by atoms with Gasteiger partial charge < -0.3 is 4.74 Å². The van der Waals surface area contributed by atoms with E-state index in [4.69, 9.17) is 4.74 Å². The van der Waals surface area contributed by atoms with Crippen molar-refractivity contribution in [2.75, 3.05) is 6.61 Å².